The van der Waals surface area contributed by atoms with E-state index in [2.05, 4.69) is 37.5 Å². The Kier molecular flexibility index (Phi) is 9.22. The van der Waals surface area contributed by atoms with E-state index in [0.717, 1.165) is 47.6 Å². The van der Waals surface area contributed by atoms with Gasteiger partial charge in [0.25, 0.3) is 11.7 Å². The number of amides is 2. The molecule has 0 radical (unpaired) electrons. The summed E-state index contributed by atoms with van der Waals surface area (Å²) in [6.07, 6.45) is 7.27. The Hall–Kier alpha value is -4.05. The second-order valence-corrected chi connectivity index (χ2v) is 11.8. The van der Waals surface area contributed by atoms with Crippen molar-refractivity contribution in [3.05, 3.63) is 71.7 Å². The van der Waals surface area contributed by atoms with E-state index in [0.29, 0.717) is 19.0 Å². The molecule has 1 fully saturated rings. The minimum Gasteiger partial charge on any atom is -0.366 e. The second-order valence-electron chi connectivity index (χ2n) is 11.8. The SMILES string of the molecule is Cc1cc(-c2ccncc2N2CCN(C(=O)/C=C/CN(C)C)CC2)ccc1C(C)NC(=O)c1noc(C(C)(C)C)n1. The predicted molar refractivity (Wildman–Crippen MR) is 160 cm³/mol. The lowest BCUT2D eigenvalue weighted by atomic mass is 9.96. The maximum atomic E-state index is 12.8. The van der Waals surface area contributed by atoms with Gasteiger partial charge in [-0.15, -0.1) is 0 Å². The van der Waals surface area contributed by atoms with Crippen molar-refractivity contribution < 1.29 is 14.1 Å². The first-order chi connectivity index (χ1) is 19.4. The molecule has 4 rings (SSSR count). The zero-order valence-corrected chi connectivity index (χ0v) is 25.1. The maximum Gasteiger partial charge on any atom is 0.293 e. The summed E-state index contributed by atoms with van der Waals surface area (Å²) >= 11 is 0. The molecule has 1 atom stereocenters. The van der Waals surface area contributed by atoms with Crippen LogP contribution in [-0.2, 0) is 10.2 Å². The first kappa shape index (κ1) is 29.9. The average molecular weight is 560 g/mol. The lowest BCUT2D eigenvalue weighted by molar-refractivity contribution is -0.126. The minimum atomic E-state index is -0.373. The van der Waals surface area contributed by atoms with Gasteiger partial charge in [-0.3, -0.25) is 14.6 Å². The second kappa shape index (κ2) is 12.6. The zero-order chi connectivity index (χ0) is 29.7. The summed E-state index contributed by atoms with van der Waals surface area (Å²) in [5, 5.41) is 6.85. The van der Waals surface area contributed by atoms with Crippen LogP contribution in [0.2, 0.25) is 0 Å². The molecule has 2 amide bonds. The van der Waals surface area contributed by atoms with Gasteiger partial charge >= 0.3 is 0 Å². The third-order valence-corrected chi connectivity index (χ3v) is 7.13. The number of piperazine rings is 1. The van der Waals surface area contributed by atoms with Crippen LogP contribution >= 0.6 is 0 Å². The van der Waals surface area contributed by atoms with E-state index in [1.54, 1.807) is 12.3 Å². The van der Waals surface area contributed by atoms with Crippen molar-refractivity contribution in [2.24, 2.45) is 0 Å². The molecule has 218 valence electrons. The van der Waals surface area contributed by atoms with E-state index in [1.165, 1.54) is 0 Å². The van der Waals surface area contributed by atoms with Crippen LogP contribution in [0.3, 0.4) is 0 Å². The van der Waals surface area contributed by atoms with E-state index in [9.17, 15) is 9.59 Å². The van der Waals surface area contributed by atoms with Gasteiger partial charge in [-0.1, -0.05) is 50.2 Å². The molecule has 1 saturated heterocycles. The molecule has 0 saturated carbocycles. The van der Waals surface area contributed by atoms with Crippen molar-refractivity contribution in [1.82, 2.24) is 30.2 Å². The Balaban J connectivity index is 1.44. The van der Waals surface area contributed by atoms with Crippen LogP contribution in [0.5, 0.6) is 0 Å². The van der Waals surface area contributed by atoms with Gasteiger partial charge in [0.15, 0.2) is 0 Å². The number of likely N-dealkylation sites (N-methyl/N-ethyl adjacent to an activating group) is 1. The summed E-state index contributed by atoms with van der Waals surface area (Å²) in [5.41, 5.74) is 4.93. The maximum absolute atomic E-state index is 12.8. The van der Waals surface area contributed by atoms with Crippen LogP contribution in [0.25, 0.3) is 11.1 Å². The number of hydrogen-bond acceptors (Lipinski definition) is 8. The molecule has 10 heteroatoms. The summed E-state index contributed by atoms with van der Waals surface area (Å²) in [5.74, 6) is 0.138. The number of hydrogen-bond donors (Lipinski definition) is 1. The molecule has 2 aromatic heterocycles. The highest BCUT2D eigenvalue weighted by atomic mass is 16.5. The average Bonchev–Trinajstić information content (AvgIpc) is 3.44. The Bertz CT molecular complexity index is 1400. The Morgan fingerprint density at radius 3 is 2.51 bits per heavy atom. The van der Waals surface area contributed by atoms with Crippen molar-refractivity contribution in [3.8, 4) is 11.1 Å². The van der Waals surface area contributed by atoms with E-state index >= 15 is 0 Å². The number of pyridine rings is 1. The van der Waals surface area contributed by atoms with Gasteiger partial charge < -0.3 is 24.5 Å². The molecule has 1 N–H and O–H groups in total. The summed E-state index contributed by atoms with van der Waals surface area (Å²) in [6.45, 7) is 13.4. The lowest BCUT2D eigenvalue weighted by Crippen LogP contribution is -2.48. The third-order valence-electron chi connectivity index (χ3n) is 7.13. The molecule has 0 spiro atoms. The van der Waals surface area contributed by atoms with Crippen molar-refractivity contribution in [2.45, 2.75) is 46.1 Å². The quantitative estimate of drug-likeness (QED) is 0.413. The van der Waals surface area contributed by atoms with E-state index in [-0.39, 0.29) is 29.1 Å². The normalized spacial score (nSPS) is 15.0. The minimum absolute atomic E-state index is 0.0314. The molecule has 1 aliphatic rings. The fraction of sp³-hybridized carbons (Fsp3) is 0.452. The zero-order valence-electron chi connectivity index (χ0n) is 25.1. The summed E-state index contributed by atoms with van der Waals surface area (Å²) < 4.78 is 5.27. The van der Waals surface area contributed by atoms with Crippen molar-refractivity contribution >= 4 is 17.5 Å². The lowest BCUT2D eigenvalue weighted by Gasteiger charge is -2.36. The number of nitrogens with zero attached hydrogens (tertiary/aromatic N) is 6. The molecule has 1 aromatic carbocycles. The summed E-state index contributed by atoms with van der Waals surface area (Å²) in [7, 11) is 3.96. The van der Waals surface area contributed by atoms with Crippen LogP contribution in [-0.4, -0.2) is 83.6 Å². The highest BCUT2D eigenvalue weighted by Gasteiger charge is 2.26. The fourth-order valence-corrected chi connectivity index (χ4v) is 4.81. The molecule has 0 bridgehead atoms. The van der Waals surface area contributed by atoms with Gasteiger partial charge in [0, 0.05) is 56.0 Å². The number of carbonyl (C=O) groups excluding carboxylic acids is 2. The molecular formula is C31H41N7O3. The molecule has 1 aliphatic heterocycles. The Labute approximate surface area is 242 Å². The van der Waals surface area contributed by atoms with E-state index in [4.69, 9.17) is 4.52 Å². The number of carbonyl (C=O) groups is 2. The van der Waals surface area contributed by atoms with Gasteiger partial charge in [0.05, 0.1) is 17.9 Å². The van der Waals surface area contributed by atoms with Crippen molar-refractivity contribution in [1.29, 1.82) is 0 Å². The van der Waals surface area contributed by atoms with Crippen LogP contribution in [0.1, 0.15) is 61.4 Å². The molecule has 3 heterocycles. The third kappa shape index (κ3) is 7.38. The first-order valence-electron chi connectivity index (χ1n) is 14.0. The fourth-order valence-electron chi connectivity index (χ4n) is 4.81. The number of nitrogens with one attached hydrogen (secondary N) is 1. The number of anilines is 1. The summed E-state index contributed by atoms with van der Waals surface area (Å²) in [6, 6.07) is 8.04. The number of rotatable bonds is 8. The Morgan fingerprint density at radius 2 is 1.88 bits per heavy atom. The van der Waals surface area contributed by atoms with Crippen molar-refractivity contribution in [2.75, 3.05) is 51.7 Å². The first-order valence-corrected chi connectivity index (χ1v) is 14.0. The molecule has 3 aromatic rings. The summed E-state index contributed by atoms with van der Waals surface area (Å²) in [4.78, 5) is 40.2. The molecule has 0 aliphatic carbocycles. The standard InChI is InChI=1S/C31H41N7O3/c1-21-19-23(10-11-24(21)22(2)33-29(40)28-34-30(41-35-28)31(3,4)5)25-12-13-32-20-26(25)37-15-17-38(18-16-37)27(39)9-8-14-36(6)7/h8-13,19-20,22H,14-18H2,1-7H3,(H,33,40)/b9-8+. The Morgan fingerprint density at radius 1 is 1.15 bits per heavy atom. The highest BCUT2D eigenvalue weighted by molar-refractivity contribution is 5.90. The van der Waals surface area contributed by atoms with Crippen LogP contribution in [0.15, 0.2) is 53.3 Å². The van der Waals surface area contributed by atoms with Gasteiger partial charge in [0.2, 0.25) is 11.8 Å². The number of aryl methyl sites for hydroxylation is 1. The van der Waals surface area contributed by atoms with E-state index < -0.39 is 0 Å². The molecule has 10 nitrogen and oxygen atoms in total. The number of aromatic nitrogens is 3. The molecule has 1 unspecified atom stereocenters. The van der Waals surface area contributed by atoms with Gasteiger partial charge in [-0.25, -0.2) is 0 Å². The predicted octanol–water partition coefficient (Wildman–Crippen LogP) is 3.99. The highest BCUT2D eigenvalue weighted by Crippen LogP contribution is 2.33. The van der Waals surface area contributed by atoms with E-state index in [1.807, 2.05) is 82.9 Å². The van der Waals surface area contributed by atoms with Gasteiger partial charge in [-0.05, 0) is 50.7 Å². The monoisotopic (exact) mass is 559 g/mol. The van der Waals surface area contributed by atoms with Crippen LogP contribution in [0, 0.1) is 6.92 Å². The van der Waals surface area contributed by atoms with Gasteiger partial charge in [-0.2, -0.15) is 4.98 Å². The van der Waals surface area contributed by atoms with Crippen LogP contribution < -0.4 is 10.2 Å². The van der Waals surface area contributed by atoms with Gasteiger partial charge in [0.1, 0.15) is 0 Å². The smallest absolute Gasteiger partial charge is 0.293 e. The molecule has 41 heavy (non-hydrogen) atoms. The van der Waals surface area contributed by atoms with Crippen LogP contribution in [0.4, 0.5) is 5.69 Å². The topological polar surface area (TPSA) is 108 Å². The largest absolute Gasteiger partial charge is 0.366 e. The molecular weight excluding hydrogens is 518 g/mol. The van der Waals surface area contributed by atoms with Crippen molar-refractivity contribution in [3.63, 3.8) is 0 Å². The number of benzene rings is 1.